The third kappa shape index (κ3) is 5.78. The molecular formula is C26H35F3N2O5. The number of benzene rings is 1. The van der Waals surface area contributed by atoms with Crippen LogP contribution in [0.5, 0.6) is 0 Å². The molecule has 1 aromatic carbocycles. The van der Waals surface area contributed by atoms with E-state index >= 15 is 0 Å². The Morgan fingerprint density at radius 2 is 1.83 bits per heavy atom. The van der Waals surface area contributed by atoms with Crippen LogP contribution in [0.4, 0.5) is 18.0 Å². The highest BCUT2D eigenvalue weighted by Crippen LogP contribution is 2.47. The van der Waals surface area contributed by atoms with E-state index in [0.29, 0.717) is 30.4 Å². The summed E-state index contributed by atoms with van der Waals surface area (Å²) in [7, 11) is 1.13. The summed E-state index contributed by atoms with van der Waals surface area (Å²) in [6, 6.07) is 1.60. The highest BCUT2D eigenvalue weighted by Gasteiger charge is 2.50. The van der Waals surface area contributed by atoms with Crippen molar-refractivity contribution in [2.45, 2.75) is 84.7 Å². The van der Waals surface area contributed by atoms with E-state index in [1.165, 1.54) is 0 Å². The van der Waals surface area contributed by atoms with E-state index in [2.05, 4.69) is 5.32 Å². The first-order valence-electron chi connectivity index (χ1n) is 12.2. The fourth-order valence-electron chi connectivity index (χ4n) is 5.28. The molecule has 1 heterocycles. The number of methoxy groups -OCH3 is 1. The van der Waals surface area contributed by atoms with E-state index in [0.717, 1.165) is 19.2 Å². The summed E-state index contributed by atoms with van der Waals surface area (Å²) in [5, 5.41) is 2.86. The van der Waals surface area contributed by atoms with Gasteiger partial charge in [0.05, 0.1) is 23.7 Å². The van der Waals surface area contributed by atoms with Crippen molar-refractivity contribution in [2.24, 2.45) is 11.3 Å². The summed E-state index contributed by atoms with van der Waals surface area (Å²) in [6.45, 7) is 9.46. The lowest BCUT2D eigenvalue weighted by atomic mass is 9.73. The number of alkyl carbamates (subject to hydrolysis) is 1. The molecule has 1 N–H and O–H groups in total. The normalized spacial score (nSPS) is 22.3. The van der Waals surface area contributed by atoms with E-state index < -0.39 is 34.8 Å². The average molecular weight is 513 g/mol. The molecule has 200 valence electrons. The highest BCUT2D eigenvalue weighted by atomic mass is 19.4. The Labute approximate surface area is 209 Å². The van der Waals surface area contributed by atoms with Crippen molar-refractivity contribution in [2.75, 3.05) is 13.7 Å². The van der Waals surface area contributed by atoms with Gasteiger partial charge in [-0.1, -0.05) is 13.8 Å². The van der Waals surface area contributed by atoms with Crippen molar-refractivity contribution < 1.29 is 37.0 Å². The van der Waals surface area contributed by atoms with Gasteiger partial charge in [0.2, 0.25) is 5.91 Å². The molecule has 0 unspecified atom stereocenters. The van der Waals surface area contributed by atoms with Crippen LogP contribution in [0.1, 0.15) is 80.9 Å². The van der Waals surface area contributed by atoms with Gasteiger partial charge < -0.3 is 19.7 Å². The summed E-state index contributed by atoms with van der Waals surface area (Å²) in [6.07, 6.45) is -3.38. The Morgan fingerprint density at radius 3 is 2.39 bits per heavy atom. The molecule has 0 spiro atoms. The first-order valence-corrected chi connectivity index (χ1v) is 12.2. The molecule has 2 amide bonds. The highest BCUT2D eigenvalue weighted by molar-refractivity contribution is 5.92. The number of halogens is 3. The Kier molecular flexibility index (Phi) is 7.67. The van der Waals surface area contributed by atoms with E-state index in [-0.39, 0.29) is 42.9 Å². The van der Waals surface area contributed by atoms with E-state index in [9.17, 15) is 27.6 Å². The fourth-order valence-corrected chi connectivity index (χ4v) is 5.28. The topological polar surface area (TPSA) is 84.9 Å². The molecule has 2 aliphatic rings. The summed E-state index contributed by atoms with van der Waals surface area (Å²) in [5.41, 5.74) is -1.69. The molecule has 1 aromatic rings. The monoisotopic (exact) mass is 512 g/mol. The van der Waals surface area contributed by atoms with Gasteiger partial charge in [-0.2, -0.15) is 13.2 Å². The number of alkyl halides is 3. The Balaban J connectivity index is 1.85. The number of nitrogens with one attached hydrogen (secondary N) is 1. The molecule has 1 aliphatic carbocycles. The van der Waals surface area contributed by atoms with E-state index in [1.54, 1.807) is 25.7 Å². The van der Waals surface area contributed by atoms with Crippen LogP contribution in [0.2, 0.25) is 0 Å². The zero-order chi connectivity index (χ0) is 27.1. The van der Waals surface area contributed by atoms with Crippen LogP contribution < -0.4 is 5.32 Å². The van der Waals surface area contributed by atoms with Gasteiger partial charge in [-0.05, 0) is 75.6 Å². The van der Waals surface area contributed by atoms with Crippen LogP contribution >= 0.6 is 0 Å². The van der Waals surface area contributed by atoms with E-state index in [1.807, 2.05) is 13.8 Å². The lowest BCUT2D eigenvalue weighted by Gasteiger charge is -2.40. The van der Waals surface area contributed by atoms with Gasteiger partial charge in [-0.3, -0.25) is 4.79 Å². The van der Waals surface area contributed by atoms with Crippen molar-refractivity contribution in [3.8, 4) is 0 Å². The molecular weight excluding hydrogens is 477 g/mol. The molecule has 0 radical (unpaired) electrons. The van der Waals surface area contributed by atoms with Crippen LogP contribution in [-0.2, 0) is 33.4 Å². The summed E-state index contributed by atoms with van der Waals surface area (Å²) in [5.74, 6) is -1.03. The molecule has 1 saturated carbocycles. The minimum Gasteiger partial charge on any atom is -0.465 e. The smallest absolute Gasteiger partial charge is 0.416 e. The first kappa shape index (κ1) is 27.8. The van der Waals surface area contributed by atoms with E-state index in [4.69, 9.17) is 9.47 Å². The molecule has 1 aliphatic heterocycles. The lowest BCUT2D eigenvalue weighted by Crippen LogP contribution is -2.48. The van der Waals surface area contributed by atoms with Gasteiger partial charge in [-0.15, -0.1) is 0 Å². The number of hydrogen-bond donors (Lipinski definition) is 1. The minimum atomic E-state index is -4.64. The summed E-state index contributed by atoms with van der Waals surface area (Å²) in [4.78, 5) is 39.9. The molecule has 0 aromatic heterocycles. The number of hydrogen-bond acceptors (Lipinski definition) is 5. The van der Waals surface area contributed by atoms with Crippen LogP contribution in [0.15, 0.2) is 12.1 Å². The zero-order valence-corrected chi connectivity index (χ0v) is 21.7. The maximum Gasteiger partial charge on any atom is 0.416 e. The molecule has 3 rings (SSSR count). The first-order chi connectivity index (χ1) is 16.6. The number of ether oxygens (including phenoxy) is 2. The fraction of sp³-hybridized carbons (Fsp3) is 0.654. The van der Waals surface area contributed by atoms with Gasteiger partial charge in [0.15, 0.2) is 0 Å². The molecule has 1 fully saturated rings. The van der Waals surface area contributed by atoms with Crippen LogP contribution in [-0.4, -0.2) is 48.2 Å². The lowest BCUT2D eigenvalue weighted by molar-refractivity contribution is -0.145. The number of esters is 1. The second kappa shape index (κ2) is 9.94. The Hall–Kier alpha value is -2.78. The van der Waals surface area contributed by atoms with Crippen molar-refractivity contribution in [3.05, 3.63) is 34.4 Å². The third-order valence-electron chi connectivity index (χ3n) is 7.16. The second-order valence-corrected chi connectivity index (χ2v) is 11.0. The van der Waals surface area contributed by atoms with Crippen molar-refractivity contribution in [1.82, 2.24) is 10.2 Å². The maximum atomic E-state index is 13.9. The van der Waals surface area contributed by atoms with Crippen molar-refractivity contribution in [3.63, 3.8) is 0 Å². The number of carbonyl (C=O) groups is 3. The Bertz CT molecular complexity index is 1030. The predicted molar refractivity (Wildman–Crippen MR) is 126 cm³/mol. The number of carbonyl (C=O) groups excluding carboxylic acids is 3. The Morgan fingerprint density at radius 1 is 1.17 bits per heavy atom. The molecule has 10 heteroatoms. The van der Waals surface area contributed by atoms with Crippen LogP contribution in [0, 0.1) is 11.3 Å². The maximum absolute atomic E-state index is 13.9. The SMILES string of the molecule is COC(=O)c1cc(C(F)(F)F)cc2c1CCN(C(=O)[C@@]1(C(C)C)CC[C@@H](NC(=O)OC(C)(C)C)C1)C2. The largest absolute Gasteiger partial charge is 0.465 e. The standard InChI is InChI=1S/C26H35F3N2O5/c1-15(2)25(9-7-18(13-25)30-23(34)36-24(3,4)5)22(33)31-10-8-19-16(14-31)11-17(26(27,28)29)12-20(19)21(32)35-6/h11-12,15,18H,7-10,13-14H2,1-6H3,(H,30,34)/t18-,25+/m1/s1. The quantitative estimate of drug-likeness (QED) is 0.568. The predicted octanol–water partition coefficient (Wildman–Crippen LogP) is 5.10. The summed E-state index contributed by atoms with van der Waals surface area (Å²) >= 11 is 0. The van der Waals surface area contributed by atoms with Gasteiger partial charge in [0, 0.05) is 19.1 Å². The number of fused-ring (bicyclic) bond motifs is 1. The zero-order valence-electron chi connectivity index (χ0n) is 21.7. The van der Waals surface area contributed by atoms with Crippen LogP contribution in [0.3, 0.4) is 0 Å². The second-order valence-electron chi connectivity index (χ2n) is 11.0. The van der Waals surface area contributed by atoms with Crippen LogP contribution in [0.25, 0.3) is 0 Å². The molecule has 36 heavy (non-hydrogen) atoms. The minimum absolute atomic E-state index is 0.0271. The third-order valence-corrected chi connectivity index (χ3v) is 7.16. The van der Waals surface area contributed by atoms with Gasteiger partial charge in [0.25, 0.3) is 0 Å². The van der Waals surface area contributed by atoms with Gasteiger partial charge in [0.1, 0.15) is 5.60 Å². The van der Waals surface area contributed by atoms with Gasteiger partial charge >= 0.3 is 18.2 Å². The van der Waals surface area contributed by atoms with Gasteiger partial charge in [-0.25, -0.2) is 9.59 Å². The summed E-state index contributed by atoms with van der Waals surface area (Å²) < 4.78 is 50.7. The number of nitrogens with zero attached hydrogens (tertiary/aromatic N) is 1. The number of rotatable bonds is 4. The average Bonchev–Trinajstić information content (AvgIpc) is 3.19. The molecule has 2 atom stereocenters. The number of amides is 2. The molecule has 0 saturated heterocycles. The van der Waals surface area contributed by atoms with Crippen molar-refractivity contribution >= 4 is 18.0 Å². The van der Waals surface area contributed by atoms with Crippen molar-refractivity contribution in [1.29, 1.82) is 0 Å². The molecule has 0 bridgehead atoms. The molecule has 7 nitrogen and oxygen atoms in total.